The van der Waals surface area contributed by atoms with Gasteiger partial charge in [-0.05, 0) is 97.8 Å². The zero-order valence-electron chi connectivity index (χ0n) is 34.2. The molecule has 2 aliphatic rings. The minimum atomic E-state index is -4.99. The number of allylic oxidation sites excluding steroid dienone is 6. The van der Waals surface area contributed by atoms with E-state index in [1.54, 1.807) is 54.9 Å². The van der Waals surface area contributed by atoms with Gasteiger partial charge in [-0.1, -0.05) is 43.7 Å². The largest absolute Gasteiger partial charge is 0.429 e. The maximum absolute atomic E-state index is 12.5. The van der Waals surface area contributed by atoms with Crippen molar-refractivity contribution in [3.8, 4) is 5.75 Å². The number of fused-ring (bicyclic) bond motifs is 6. The highest BCUT2D eigenvalue weighted by molar-refractivity contribution is 7.87. The Morgan fingerprint density at radius 3 is 2.05 bits per heavy atom. The van der Waals surface area contributed by atoms with Gasteiger partial charge in [0.2, 0.25) is 5.69 Å². The third kappa shape index (κ3) is 9.42. The average molecular weight is 932 g/mol. The van der Waals surface area contributed by atoms with Gasteiger partial charge in [0, 0.05) is 52.9 Å². The van der Waals surface area contributed by atoms with E-state index in [9.17, 15) is 56.7 Å². The molecule has 0 saturated heterocycles. The van der Waals surface area contributed by atoms with E-state index >= 15 is 0 Å². The Labute approximate surface area is 360 Å². The summed E-state index contributed by atoms with van der Waals surface area (Å²) in [4.78, 5) is 11.6. The molecule has 0 amide bonds. The summed E-state index contributed by atoms with van der Waals surface area (Å²) in [5.41, 5.74) is 2.58. The number of rotatable bonds is 17. The number of carbonyl (C=O) groups excluding carboxylic acids is 1. The van der Waals surface area contributed by atoms with Crippen molar-refractivity contribution in [1.82, 2.24) is 0 Å². The molecule has 6 rings (SSSR count). The Morgan fingerprint density at radius 1 is 0.742 bits per heavy atom. The fourth-order valence-corrected chi connectivity index (χ4v) is 11.3. The highest BCUT2D eigenvalue weighted by Gasteiger charge is 2.47. The number of nitrogens with zero attached hydrogens (tertiary/aromatic N) is 2. The lowest BCUT2D eigenvalue weighted by atomic mass is 9.76. The molecule has 332 valence electrons. The van der Waals surface area contributed by atoms with E-state index in [0.717, 1.165) is 40.2 Å². The van der Waals surface area contributed by atoms with Gasteiger partial charge < -0.3 is 9.64 Å². The van der Waals surface area contributed by atoms with Gasteiger partial charge in [0.1, 0.15) is 17.2 Å². The first kappa shape index (κ1) is 46.7. The van der Waals surface area contributed by atoms with Crippen molar-refractivity contribution in [2.24, 2.45) is 0 Å². The van der Waals surface area contributed by atoms with E-state index < -0.39 is 72.6 Å². The second-order valence-electron chi connectivity index (χ2n) is 16.0. The molecule has 4 N–H and O–H groups in total. The minimum absolute atomic E-state index is 0.0160. The van der Waals surface area contributed by atoms with Crippen molar-refractivity contribution in [2.45, 2.75) is 74.0 Å². The zero-order chi connectivity index (χ0) is 45.6. The first-order valence-electron chi connectivity index (χ1n) is 19.4. The Bertz CT molecular complexity index is 3080. The summed E-state index contributed by atoms with van der Waals surface area (Å²) < 4.78 is 143. The summed E-state index contributed by atoms with van der Waals surface area (Å²) in [6, 6.07) is 13.9. The van der Waals surface area contributed by atoms with Gasteiger partial charge in [0.05, 0.1) is 21.8 Å². The van der Waals surface area contributed by atoms with E-state index in [2.05, 4.69) is 13.8 Å². The van der Waals surface area contributed by atoms with Crippen LogP contribution in [-0.4, -0.2) is 93.2 Å². The first-order chi connectivity index (χ1) is 28.8. The van der Waals surface area contributed by atoms with E-state index in [4.69, 9.17) is 4.74 Å². The molecule has 16 nitrogen and oxygen atoms in total. The molecule has 0 saturated carbocycles. The SMILES string of the molecule is CCCC1(C)\C(=C/C=C/C=C/C2=[N+](CCCS(=O)(=O)O)c3ccc4c(S(=O)(=O)O)cc(S(=O)(=O)O)cc4c3C2(C)C)N(CCCS(=O)(=O)O)c2ccc3cc(OC=O)ccc3c21. The van der Waals surface area contributed by atoms with Crippen molar-refractivity contribution >= 4 is 85.6 Å². The predicted octanol–water partition coefficient (Wildman–Crippen LogP) is 6.53. The highest BCUT2D eigenvalue weighted by Crippen LogP contribution is 2.53. The van der Waals surface area contributed by atoms with E-state index in [0.29, 0.717) is 41.7 Å². The molecule has 1 atom stereocenters. The maximum Gasteiger partial charge on any atom is 0.298 e. The number of anilines is 1. The van der Waals surface area contributed by atoms with Gasteiger partial charge in [0.15, 0.2) is 5.71 Å². The molecule has 0 fully saturated rings. The minimum Gasteiger partial charge on any atom is -0.429 e. The van der Waals surface area contributed by atoms with Crippen LogP contribution < -0.4 is 9.64 Å². The van der Waals surface area contributed by atoms with Gasteiger partial charge in [-0.3, -0.25) is 23.0 Å². The molecule has 4 aromatic carbocycles. The summed E-state index contributed by atoms with van der Waals surface area (Å²) in [5, 5.41) is 1.83. The van der Waals surface area contributed by atoms with Crippen LogP contribution in [0, 0.1) is 0 Å². The number of hydrogen-bond donors (Lipinski definition) is 4. The number of hydrogen-bond acceptors (Lipinski definition) is 11. The number of carbonyl (C=O) groups is 1. The molecule has 1 unspecified atom stereocenters. The van der Waals surface area contributed by atoms with Crippen LogP contribution in [0.15, 0.2) is 100 Å². The highest BCUT2D eigenvalue weighted by atomic mass is 32.2. The first-order valence-corrected chi connectivity index (χ1v) is 25.5. The Morgan fingerprint density at radius 2 is 1.42 bits per heavy atom. The van der Waals surface area contributed by atoms with Crippen LogP contribution in [0.1, 0.15) is 64.5 Å². The van der Waals surface area contributed by atoms with Gasteiger partial charge in [-0.15, -0.1) is 0 Å². The van der Waals surface area contributed by atoms with E-state index in [1.165, 1.54) is 6.07 Å². The van der Waals surface area contributed by atoms with Gasteiger partial charge in [-0.25, -0.2) is 0 Å². The van der Waals surface area contributed by atoms with Crippen molar-refractivity contribution in [3.63, 3.8) is 0 Å². The van der Waals surface area contributed by atoms with Crippen LogP contribution in [0.5, 0.6) is 5.75 Å². The standard InChI is InChI=1S/C42H46N2O14S4/c1-5-19-42(4)38(44(21-10-23-60(49,50)51)35-17-13-28-24-29(58-27-45)14-15-31(28)40(35)42)12-8-6-7-11-37-41(2,3)39-33-25-30(61(52,53)54)26-36(62(55,56)57)32(33)16-18-34(39)43(37)20-9-22-59(46,47)48/h6-8,11-18,24-27H,5,9-10,19-23H2,1-4H3,(H3-,46,47,48,49,50,51,52,53,54,55,56,57)/p+1. The summed E-state index contributed by atoms with van der Waals surface area (Å²) in [7, 11) is -18.5. The van der Waals surface area contributed by atoms with E-state index in [1.807, 2.05) is 35.3 Å². The van der Waals surface area contributed by atoms with Crippen LogP contribution in [-0.2, 0) is 56.1 Å². The molecule has 4 aromatic rings. The molecule has 0 aliphatic carbocycles. The third-order valence-corrected chi connectivity index (χ3v) is 14.7. The molecule has 62 heavy (non-hydrogen) atoms. The molecular weight excluding hydrogens is 885 g/mol. The van der Waals surface area contributed by atoms with Gasteiger partial charge in [0.25, 0.3) is 46.9 Å². The van der Waals surface area contributed by atoms with Crippen molar-refractivity contribution in [3.05, 3.63) is 102 Å². The molecular formula is C42H47N2O14S4+. The summed E-state index contributed by atoms with van der Waals surface area (Å²) >= 11 is 0. The fourth-order valence-electron chi connectivity index (χ4n) is 8.96. The lowest BCUT2D eigenvalue weighted by Crippen LogP contribution is -2.30. The molecule has 0 radical (unpaired) electrons. The van der Waals surface area contributed by atoms with Crippen molar-refractivity contribution in [1.29, 1.82) is 0 Å². The lowest BCUT2D eigenvalue weighted by molar-refractivity contribution is -0.437. The van der Waals surface area contributed by atoms with Gasteiger partial charge >= 0.3 is 0 Å². The Hall–Kier alpha value is -4.80. The Kier molecular flexibility index (Phi) is 12.8. The van der Waals surface area contributed by atoms with Crippen molar-refractivity contribution in [2.75, 3.05) is 29.5 Å². The fraction of sp³-hybridized carbons (Fsp3) is 0.333. The normalized spacial score (nSPS) is 18.8. The zero-order valence-corrected chi connectivity index (χ0v) is 37.5. The lowest BCUT2D eigenvalue weighted by Gasteiger charge is -2.30. The molecule has 2 aliphatic heterocycles. The van der Waals surface area contributed by atoms with Crippen LogP contribution in [0.25, 0.3) is 21.5 Å². The molecule has 2 heterocycles. The number of ether oxygens (including phenoxy) is 1. The summed E-state index contributed by atoms with van der Waals surface area (Å²) in [6.07, 6.45) is 10.6. The molecule has 0 aromatic heterocycles. The topological polar surface area (TPSA) is 250 Å². The van der Waals surface area contributed by atoms with Gasteiger partial charge in [-0.2, -0.15) is 38.2 Å². The molecule has 0 spiro atoms. The monoisotopic (exact) mass is 931 g/mol. The third-order valence-electron chi connectivity index (χ3n) is 11.4. The Balaban J connectivity index is 1.46. The molecule has 0 bridgehead atoms. The van der Waals surface area contributed by atoms with Crippen LogP contribution >= 0.6 is 0 Å². The smallest absolute Gasteiger partial charge is 0.298 e. The second kappa shape index (κ2) is 17.1. The molecule has 20 heteroatoms. The predicted molar refractivity (Wildman–Crippen MR) is 235 cm³/mol. The maximum atomic E-state index is 12.5. The summed E-state index contributed by atoms with van der Waals surface area (Å²) in [6.45, 7) is 8.42. The quantitative estimate of drug-likeness (QED) is 0.0380. The summed E-state index contributed by atoms with van der Waals surface area (Å²) in [5.74, 6) is -0.642. The van der Waals surface area contributed by atoms with Crippen LogP contribution in [0.4, 0.5) is 11.4 Å². The average Bonchev–Trinajstić information content (AvgIpc) is 3.52. The van der Waals surface area contributed by atoms with Crippen molar-refractivity contribution < 1.29 is 66.0 Å². The number of benzene rings is 4. The van der Waals surface area contributed by atoms with Crippen LogP contribution in [0.2, 0.25) is 0 Å². The van der Waals surface area contributed by atoms with E-state index in [-0.39, 0.29) is 36.7 Å². The second-order valence-corrected chi connectivity index (χ2v) is 21.9. The van der Waals surface area contributed by atoms with Crippen LogP contribution in [0.3, 0.4) is 0 Å².